The number of benzene rings is 9. The smallest absolute Gasteiger partial charge is 0.377 e. The molecule has 12 aliphatic carbocycles. The van der Waals surface area contributed by atoms with Crippen LogP contribution >= 0.6 is 0 Å². The molecule has 0 aliphatic heterocycles. The summed E-state index contributed by atoms with van der Waals surface area (Å²) in [4.78, 5) is 58.0. The maximum Gasteiger partial charge on any atom is 0.377 e. The molecule has 12 fully saturated rings. The summed E-state index contributed by atoms with van der Waals surface area (Å²) in [5.74, 6) is -12.3. The number of carbonyl (C=O) groups excluding carboxylic acids is 4. The molecule has 9 aromatic carbocycles. The second-order valence-electron chi connectivity index (χ2n) is 40.6. The molecule has 12 aliphatic rings. The van der Waals surface area contributed by atoms with Gasteiger partial charge < -0.3 is 24.4 Å². The lowest BCUT2D eigenvalue weighted by Crippen LogP contribution is -2.57. The average Bonchev–Trinajstić information content (AvgIpc) is 0.739. The molecule has 9 aromatic rings. The van der Waals surface area contributed by atoms with Crippen LogP contribution in [0.5, 0.6) is 0 Å². The monoisotopic (exact) mass is 1760 g/mol. The third-order valence-electron chi connectivity index (χ3n) is 26.4. The number of aliphatic hydroxyl groups is 2. The molecular weight excluding hydrogens is 1640 g/mol. The summed E-state index contributed by atoms with van der Waals surface area (Å²) in [5, 5.41) is 21.0. The second kappa shape index (κ2) is 38.1. The number of alkyl halides is 6. The molecule has 0 radical (unpaired) electrons. The highest BCUT2D eigenvalue weighted by molar-refractivity contribution is 7.97. The number of hydrogen-bond acceptors (Lipinski definition) is 9. The van der Waals surface area contributed by atoms with Crippen molar-refractivity contribution in [1.82, 2.24) is 0 Å². The fourth-order valence-electron chi connectivity index (χ4n) is 21.8. The first-order chi connectivity index (χ1) is 58.9. The normalized spacial score (nSPS) is 26.0. The maximum atomic E-state index is 12.9. The zero-order valence-electron chi connectivity index (χ0n) is 74.5. The van der Waals surface area contributed by atoms with Crippen LogP contribution in [-0.2, 0) is 82.3 Å². The van der Waals surface area contributed by atoms with Gasteiger partial charge in [-0.1, -0.05) is 208 Å². The minimum absolute atomic E-state index is 0.0146. The van der Waals surface area contributed by atoms with Crippen molar-refractivity contribution in [1.29, 1.82) is 0 Å². The van der Waals surface area contributed by atoms with Crippen molar-refractivity contribution in [3.05, 3.63) is 271 Å². The predicted molar refractivity (Wildman–Crippen MR) is 486 cm³/mol. The number of carbonyl (C=O) groups is 4. The number of ketones is 1. The fraction of sp³-hybridized carbons (Fsp3) is 0.458. The van der Waals surface area contributed by atoms with E-state index in [4.69, 9.17) is 14.2 Å². The van der Waals surface area contributed by atoms with Crippen LogP contribution in [0.1, 0.15) is 209 Å². The lowest BCUT2D eigenvalue weighted by Gasteiger charge is -2.59. The lowest BCUT2D eigenvalue weighted by atomic mass is 9.48. The van der Waals surface area contributed by atoms with Gasteiger partial charge in [-0.05, 0) is 281 Å². The van der Waals surface area contributed by atoms with Gasteiger partial charge in [-0.15, -0.1) is 0 Å². The van der Waals surface area contributed by atoms with Gasteiger partial charge in [0.15, 0.2) is 44.1 Å². The summed E-state index contributed by atoms with van der Waals surface area (Å²) < 4.78 is 92.0. The summed E-state index contributed by atoms with van der Waals surface area (Å²) in [6.07, 6.45) is 13.5. The molecular formula is C107H125F6O9S3+3. The highest BCUT2D eigenvalue weighted by Gasteiger charge is 2.61. The van der Waals surface area contributed by atoms with Crippen LogP contribution in [0.4, 0.5) is 26.3 Å². The van der Waals surface area contributed by atoms with E-state index in [0.29, 0.717) is 82.5 Å². The largest absolute Gasteiger partial charge is 0.461 e. The van der Waals surface area contributed by atoms with E-state index in [2.05, 4.69) is 317 Å². The molecule has 0 spiro atoms. The molecule has 12 saturated carbocycles. The SMILES string of the molecule is CC(C)(C)c1ccc([S+](c2ccccc2)c2ccc(C(C)(C)C)cc2)cc1.CC(C)(C)c1ccc([S+](c2ccccc2)c2ccccc2)cc1.CC(F)(F)C(=O)OC12CC3CC(C1)C(=O)C(C3)C2.CC(F)(F)C(=O)OCC12CC3CC(CC(O)(C3)C1)C2.CC(F)(F)C(=O)OCC12CC3CC(CC(O)(C3)C1)C2.c1ccc([S+](c2ccccc2)c2ccccc2)cc1. The van der Waals surface area contributed by atoms with Crippen molar-refractivity contribution in [2.24, 2.45) is 52.3 Å². The first kappa shape index (κ1) is 94.2. The summed E-state index contributed by atoms with van der Waals surface area (Å²) in [7, 11) is -0.149. The number of ether oxygens (including phenoxy) is 3. The van der Waals surface area contributed by atoms with E-state index in [0.717, 1.165) is 77.0 Å². The Morgan fingerprint density at radius 3 is 0.760 bits per heavy atom. The van der Waals surface area contributed by atoms with Gasteiger partial charge in [0.2, 0.25) is 0 Å². The van der Waals surface area contributed by atoms with Gasteiger partial charge in [0.05, 0.1) is 57.1 Å². The molecule has 0 amide bonds. The Bertz CT molecular complexity index is 4750. The minimum atomic E-state index is -3.45. The van der Waals surface area contributed by atoms with Crippen molar-refractivity contribution >= 4 is 56.4 Å². The van der Waals surface area contributed by atoms with Crippen LogP contribution in [0.15, 0.2) is 299 Å². The van der Waals surface area contributed by atoms with Gasteiger partial charge in [-0.3, -0.25) is 4.79 Å². The van der Waals surface area contributed by atoms with Gasteiger partial charge in [-0.25, -0.2) is 14.4 Å². The van der Waals surface area contributed by atoms with E-state index < -0.39 is 52.5 Å². The molecule has 2 N–H and O–H groups in total. The molecule has 9 nitrogen and oxygen atoms in total. The van der Waals surface area contributed by atoms with E-state index in [9.17, 15) is 55.7 Å². The van der Waals surface area contributed by atoms with Crippen LogP contribution < -0.4 is 0 Å². The molecule has 18 heteroatoms. The number of hydrogen-bond donors (Lipinski definition) is 2. The second-order valence-corrected chi connectivity index (χ2v) is 46.7. The first-order valence-corrected chi connectivity index (χ1v) is 48.1. The molecule has 0 aromatic heterocycles. The molecule has 6 unspecified atom stereocenters. The topological polar surface area (TPSA) is 136 Å². The van der Waals surface area contributed by atoms with Crippen molar-refractivity contribution in [2.45, 2.75) is 287 Å². The molecule has 0 heterocycles. The van der Waals surface area contributed by atoms with Crippen LogP contribution in [0.3, 0.4) is 0 Å². The van der Waals surface area contributed by atoms with E-state index in [1.165, 1.54) is 60.7 Å². The Balaban J connectivity index is 0.000000129. The Labute approximate surface area is 745 Å². The third-order valence-corrected chi connectivity index (χ3v) is 33.1. The Morgan fingerprint density at radius 2 is 0.544 bits per heavy atom. The highest BCUT2D eigenvalue weighted by atomic mass is 32.2. The molecule has 125 heavy (non-hydrogen) atoms. The van der Waals surface area contributed by atoms with Gasteiger partial charge in [0.1, 0.15) is 11.4 Å². The summed E-state index contributed by atoms with van der Waals surface area (Å²) in [6.45, 7) is 22.1. The van der Waals surface area contributed by atoms with E-state index in [-0.39, 0.29) is 90.6 Å². The zero-order chi connectivity index (χ0) is 89.8. The maximum absolute atomic E-state index is 12.9. The van der Waals surface area contributed by atoms with Crippen molar-refractivity contribution in [3.8, 4) is 0 Å². The molecule has 21 rings (SSSR count). The average molecular weight is 1770 g/mol. The molecule has 6 atom stereocenters. The van der Waals surface area contributed by atoms with Crippen LogP contribution in [0.25, 0.3) is 0 Å². The standard InChI is InChI=1S/C26H31S.C22H23S.C18H15S.2C14H20F2O3.C13H16F2O3/c1-25(2,3)20-12-16-23(17-13-20)27(22-10-8-7-9-11-22)24-18-14-21(15-19-24)26(4,5)6;1-22(2,3)18-14-16-21(17-15-18)23(19-10-6-4-7-11-19)20-12-8-5-9-13-20;1-4-10-16(11-5-1)19(17-12-6-2-7-13-17)18-14-8-3-9-15-18;2*1-12(15,16)11(17)19-8-13-3-9-2-10(4-13)6-14(18,5-9)7-13;1-12(14,15)11(17)18-13-4-7-2-8(5-13)10(16)9(3-7)6-13/h7-19H,1-6H3;4-17H,1-3H3;1-15H;2*9-10,18H,2-8H2,1H3;7-9H,2-6H2,1H3/q3*+1;;;. The van der Waals surface area contributed by atoms with Crippen LogP contribution in [0.2, 0.25) is 0 Å². The van der Waals surface area contributed by atoms with Crippen LogP contribution in [-0.4, -0.2) is 81.7 Å². The Morgan fingerprint density at radius 1 is 0.312 bits per heavy atom. The quantitative estimate of drug-likeness (QED) is 0.0395. The van der Waals surface area contributed by atoms with Crippen molar-refractivity contribution < 1.29 is 69.9 Å². The zero-order valence-corrected chi connectivity index (χ0v) is 76.9. The summed E-state index contributed by atoms with van der Waals surface area (Å²) in [6, 6.07) is 92.2. The Kier molecular flexibility index (Phi) is 28.7. The fourth-order valence-corrected chi connectivity index (χ4v) is 28.0. The highest BCUT2D eigenvalue weighted by Crippen LogP contribution is 2.64. The van der Waals surface area contributed by atoms with Crippen molar-refractivity contribution in [2.75, 3.05) is 13.2 Å². The van der Waals surface area contributed by atoms with Gasteiger partial charge in [0, 0.05) is 43.4 Å². The minimum Gasteiger partial charge on any atom is -0.461 e. The number of Topliss-reactive ketones (excluding diaryl/α,β-unsaturated/α-hetero) is 1. The number of esters is 3. The summed E-state index contributed by atoms with van der Waals surface area (Å²) >= 11 is 0. The van der Waals surface area contributed by atoms with Gasteiger partial charge >= 0.3 is 35.7 Å². The Hall–Kier alpha value is -8.39. The summed E-state index contributed by atoms with van der Waals surface area (Å²) in [5.41, 5.74) is 2.08. The van der Waals surface area contributed by atoms with Crippen LogP contribution in [0, 0.1) is 52.3 Å². The predicted octanol–water partition coefficient (Wildman–Crippen LogP) is 25.6. The lowest BCUT2D eigenvalue weighted by molar-refractivity contribution is -0.207. The number of halogens is 6. The first-order valence-electron chi connectivity index (χ1n) is 44.4. The van der Waals surface area contributed by atoms with Gasteiger partial charge in [0.25, 0.3) is 0 Å². The number of rotatable bonds is 17. The van der Waals surface area contributed by atoms with E-state index in [1.807, 2.05) is 0 Å². The van der Waals surface area contributed by atoms with E-state index in [1.54, 1.807) is 0 Å². The van der Waals surface area contributed by atoms with Gasteiger partial charge in [-0.2, -0.15) is 26.3 Å². The van der Waals surface area contributed by atoms with Crippen molar-refractivity contribution in [3.63, 3.8) is 0 Å². The third kappa shape index (κ3) is 23.9. The molecule has 664 valence electrons. The molecule has 12 bridgehead atoms. The molecule has 0 saturated heterocycles. The van der Waals surface area contributed by atoms with E-state index >= 15 is 0 Å².